The van der Waals surface area contributed by atoms with Crippen molar-refractivity contribution in [1.29, 1.82) is 0 Å². The molecule has 1 aromatic carbocycles. The molecule has 0 spiro atoms. The molecule has 0 saturated carbocycles. The molecule has 138 valence electrons. The Kier molecular flexibility index (Phi) is 8.67. The van der Waals surface area contributed by atoms with Gasteiger partial charge in [-0.2, -0.15) is 0 Å². The van der Waals surface area contributed by atoms with Gasteiger partial charge >= 0.3 is 5.97 Å². The highest BCUT2D eigenvalue weighted by molar-refractivity contribution is 5.90. The Morgan fingerprint density at radius 3 is 2.20 bits per heavy atom. The molecule has 2 amide bonds. The van der Waals surface area contributed by atoms with Crippen LogP contribution < -0.4 is 10.6 Å². The van der Waals surface area contributed by atoms with Gasteiger partial charge in [-0.15, -0.1) is 0 Å². The van der Waals surface area contributed by atoms with Crippen LogP contribution in [0.3, 0.4) is 0 Å². The predicted octanol–water partition coefficient (Wildman–Crippen LogP) is 2.13. The van der Waals surface area contributed by atoms with Crippen molar-refractivity contribution in [1.82, 2.24) is 10.6 Å². The van der Waals surface area contributed by atoms with Crippen molar-refractivity contribution in [2.45, 2.75) is 58.5 Å². The smallest absolute Gasteiger partial charge is 0.326 e. The molecule has 3 N–H and O–H groups in total. The summed E-state index contributed by atoms with van der Waals surface area (Å²) in [6.45, 7) is 5.78. The highest BCUT2D eigenvalue weighted by Gasteiger charge is 2.27. The van der Waals surface area contributed by atoms with Gasteiger partial charge in [0.05, 0.1) is 0 Å². The second-order valence-corrected chi connectivity index (χ2v) is 6.59. The molecule has 0 aliphatic heterocycles. The van der Waals surface area contributed by atoms with E-state index in [0.29, 0.717) is 19.3 Å². The first-order valence-corrected chi connectivity index (χ1v) is 8.70. The standard InChI is InChI=1S/C19H28N2O4/c1-4-8-17(22)20-15(11-13(2)3)18(23)21-16(19(24)25)12-14-9-6-5-7-10-14/h5-7,9-10,13,15-16H,4,8,11-12H2,1-3H3,(H,20,22)(H,21,23)(H,24,25). The second kappa shape index (κ2) is 10.5. The maximum Gasteiger partial charge on any atom is 0.326 e. The van der Waals surface area contributed by atoms with E-state index in [-0.39, 0.29) is 18.2 Å². The molecule has 0 aromatic heterocycles. The predicted molar refractivity (Wildman–Crippen MR) is 96.0 cm³/mol. The van der Waals surface area contributed by atoms with Gasteiger partial charge in [-0.3, -0.25) is 9.59 Å². The van der Waals surface area contributed by atoms with Crippen molar-refractivity contribution in [3.63, 3.8) is 0 Å². The number of carbonyl (C=O) groups is 3. The van der Waals surface area contributed by atoms with Gasteiger partial charge in [0.25, 0.3) is 0 Å². The van der Waals surface area contributed by atoms with Crippen molar-refractivity contribution in [2.75, 3.05) is 0 Å². The Bertz CT molecular complexity index is 572. The SMILES string of the molecule is CCCC(=O)NC(CC(C)C)C(=O)NC(Cc1ccccc1)C(=O)O. The molecule has 0 fully saturated rings. The minimum Gasteiger partial charge on any atom is -0.480 e. The second-order valence-electron chi connectivity index (χ2n) is 6.59. The van der Waals surface area contributed by atoms with Crippen molar-refractivity contribution in [2.24, 2.45) is 5.92 Å². The van der Waals surface area contributed by atoms with E-state index < -0.39 is 24.0 Å². The third-order valence-electron chi connectivity index (χ3n) is 3.73. The van der Waals surface area contributed by atoms with Crippen LogP contribution in [0.5, 0.6) is 0 Å². The Balaban J connectivity index is 2.79. The number of carboxylic acid groups (broad SMARTS) is 1. The first kappa shape index (κ1) is 20.7. The summed E-state index contributed by atoms with van der Waals surface area (Å²) >= 11 is 0. The fourth-order valence-electron chi connectivity index (χ4n) is 2.52. The number of carboxylic acids is 1. The monoisotopic (exact) mass is 348 g/mol. The summed E-state index contributed by atoms with van der Waals surface area (Å²) in [5, 5.41) is 14.7. The van der Waals surface area contributed by atoms with Crippen LogP contribution in [0.25, 0.3) is 0 Å². The molecule has 1 rings (SSSR count). The van der Waals surface area contributed by atoms with Crippen LogP contribution in [0.2, 0.25) is 0 Å². The van der Waals surface area contributed by atoms with Crippen LogP contribution in [-0.2, 0) is 20.8 Å². The molecule has 2 atom stereocenters. The van der Waals surface area contributed by atoms with E-state index in [0.717, 1.165) is 5.56 Å². The van der Waals surface area contributed by atoms with E-state index in [2.05, 4.69) is 10.6 Å². The van der Waals surface area contributed by atoms with E-state index in [1.807, 2.05) is 51.1 Å². The van der Waals surface area contributed by atoms with Crippen molar-refractivity contribution >= 4 is 17.8 Å². The zero-order valence-corrected chi connectivity index (χ0v) is 15.1. The fraction of sp³-hybridized carbons (Fsp3) is 0.526. The van der Waals surface area contributed by atoms with E-state index in [1.165, 1.54) is 0 Å². The van der Waals surface area contributed by atoms with Gasteiger partial charge in [0.2, 0.25) is 11.8 Å². The van der Waals surface area contributed by atoms with Crippen molar-refractivity contribution in [3.8, 4) is 0 Å². The Morgan fingerprint density at radius 1 is 1.04 bits per heavy atom. The third kappa shape index (κ3) is 7.83. The van der Waals surface area contributed by atoms with Gasteiger partial charge in [0.15, 0.2) is 0 Å². The van der Waals surface area contributed by atoms with E-state index in [9.17, 15) is 19.5 Å². The largest absolute Gasteiger partial charge is 0.480 e. The third-order valence-corrected chi connectivity index (χ3v) is 3.73. The Labute approximate surface area is 149 Å². The van der Waals surface area contributed by atoms with Gasteiger partial charge in [-0.05, 0) is 24.3 Å². The maximum absolute atomic E-state index is 12.5. The van der Waals surface area contributed by atoms with Gasteiger partial charge in [0.1, 0.15) is 12.1 Å². The minimum atomic E-state index is -1.10. The topological polar surface area (TPSA) is 95.5 Å². The molecule has 2 unspecified atom stereocenters. The molecular weight excluding hydrogens is 320 g/mol. The van der Waals surface area contributed by atoms with E-state index in [4.69, 9.17) is 0 Å². The van der Waals surface area contributed by atoms with E-state index in [1.54, 1.807) is 0 Å². The van der Waals surface area contributed by atoms with Gasteiger partial charge in [0, 0.05) is 12.8 Å². The lowest BCUT2D eigenvalue weighted by atomic mass is 10.0. The summed E-state index contributed by atoms with van der Waals surface area (Å²) < 4.78 is 0. The van der Waals surface area contributed by atoms with Gasteiger partial charge in [-0.1, -0.05) is 51.1 Å². The lowest BCUT2D eigenvalue weighted by Gasteiger charge is -2.23. The summed E-state index contributed by atoms with van der Waals surface area (Å²) in [6, 6.07) is 7.36. The quantitative estimate of drug-likeness (QED) is 0.603. The molecule has 25 heavy (non-hydrogen) atoms. The molecule has 0 aliphatic carbocycles. The average molecular weight is 348 g/mol. The lowest BCUT2D eigenvalue weighted by Crippen LogP contribution is -2.52. The van der Waals surface area contributed by atoms with Crippen molar-refractivity contribution < 1.29 is 19.5 Å². The Morgan fingerprint density at radius 2 is 1.68 bits per heavy atom. The Hall–Kier alpha value is -2.37. The first-order valence-electron chi connectivity index (χ1n) is 8.70. The minimum absolute atomic E-state index is 0.190. The summed E-state index contributed by atoms with van der Waals surface area (Å²) in [5.74, 6) is -1.56. The highest BCUT2D eigenvalue weighted by atomic mass is 16.4. The molecule has 6 nitrogen and oxygen atoms in total. The number of amides is 2. The molecule has 0 saturated heterocycles. The molecule has 0 bridgehead atoms. The van der Waals surface area contributed by atoms with Crippen LogP contribution in [0.4, 0.5) is 0 Å². The molecule has 0 heterocycles. The number of aliphatic carboxylic acids is 1. The number of nitrogens with one attached hydrogen (secondary N) is 2. The maximum atomic E-state index is 12.5. The van der Waals surface area contributed by atoms with Crippen molar-refractivity contribution in [3.05, 3.63) is 35.9 Å². The summed E-state index contributed by atoms with van der Waals surface area (Å²) in [6.07, 6.45) is 1.68. The number of benzene rings is 1. The van der Waals surface area contributed by atoms with Crippen LogP contribution in [0.15, 0.2) is 30.3 Å². The van der Waals surface area contributed by atoms with E-state index >= 15 is 0 Å². The van der Waals surface area contributed by atoms with Crippen LogP contribution in [-0.4, -0.2) is 35.0 Å². The van der Waals surface area contributed by atoms with Crippen LogP contribution in [0.1, 0.15) is 45.6 Å². The van der Waals surface area contributed by atoms with Gasteiger partial charge < -0.3 is 15.7 Å². The molecule has 0 aliphatic rings. The zero-order valence-electron chi connectivity index (χ0n) is 15.1. The number of carbonyl (C=O) groups excluding carboxylic acids is 2. The van der Waals surface area contributed by atoms with Gasteiger partial charge in [-0.25, -0.2) is 4.79 Å². The summed E-state index contributed by atoms with van der Waals surface area (Å²) in [4.78, 5) is 35.9. The number of hydrogen-bond donors (Lipinski definition) is 3. The fourth-order valence-corrected chi connectivity index (χ4v) is 2.52. The molecule has 6 heteroatoms. The normalized spacial score (nSPS) is 13.1. The van der Waals surface area contributed by atoms with Crippen LogP contribution >= 0.6 is 0 Å². The summed E-state index contributed by atoms with van der Waals surface area (Å²) in [5.41, 5.74) is 0.825. The lowest BCUT2D eigenvalue weighted by molar-refractivity contribution is -0.142. The number of hydrogen-bond acceptors (Lipinski definition) is 3. The highest BCUT2D eigenvalue weighted by Crippen LogP contribution is 2.08. The first-order chi connectivity index (χ1) is 11.8. The van der Waals surface area contributed by atoms with Crippen LogP contribution in [0, 0.1) is 5.92 Å². The average Bonchev–Trinajstić information content (AvgIpc) is 2.54. The number of rotatable bonds is 10. The molecular formula is C19H28N2O4. The zero-order chi connectivity index (χ0) is 18.8. The summed E-state index contributed by atoms with van der Waals surface area (Å²) in [7, 11) is 0. The molecule has 1 aromatic rings. The molecule has 0 radical (unpaired) electrons.